The van der Waals surface area contributed by atoms with Crippen LogP contribution < -0.4 is 0 Å². The molecule has 0 amide bonds. The van der Waals surface area contributed by atoms with E-state index in [1.165, 1.54) is 11.1 Å². The van der Waals surface area contributed by atoms with Crippen LogP contribution in [-0.2, 0) is 17.6 Å². The zero-order valence-corrected chi connectivity index (χ0v) is 10.8. The molecule has 3 nitrogen and oxygen atoms in total. The summed E-state index contributed by atoms with van der Waals surface area (Å²) in [5.41, 5.74) is 2.71. The summed E-state index contributed by atoms with van der Waals surface area (Å²) in [4.78, 5) is 13.0. The minimum atomic E-state index is -0.995. The van der Waals surface area contributed by atoms with Crippen molar-refractivity contribution in [2.45, 2.75) is 31.5 Å². The molecule has 102 valence electrons. The second kappa shape index (κ2) is 4.93. The Balaban J connectivity index is 1.65. The Hall–Kier alpha value is -1.42. The standard InChI is InChI=1S/C15H18FNO2/c16-13-7-14(15(18)19)17(9-13)8-10-5-11-3-1-2-4-12(11)6-10/h1-4,10,13-14H,5-9H2,(H,18,19)/t13-,14-/m0/s1. The molecule has 0 spiro atoms. The van der Waals surface area contributed by atoms with Crippen LogP contribution in [0, 0.1) is 5.92 Å². The van der Waals surface area contributed by atoms with Gasteiger partial charge < -0.3 is 5.11 Å². The van der Waals surface area contributed by atoms with Gasteiger partial charge in [0.1, 0.15) is 12.2 Å². The molecule has 2 atom stereocenters. The van der Waals surface area contributed by atoms with Gasteiger partial charge in [-0.05, 0) is 29.9 Å². The molecule has 1 aliphatic heterocycles. The van der Waals surface area contributed by atoms with Gasteiger partial charge in [-0.2, -0.15) is 0 Å². The normalized spacial score (nSPS) is 27.6. The van der Waals surface area contributed by atoms with Crippen molar-refractivity contribution in [3.63, 3.8) is 0 Å². The maximum atomic E-state index is 13.4. The van der Waals surface area contributed by atoms with Crippen LogP contribution in [0.2, 0.25) is 0 Å². The van der Waals surface area contributed by atoms with E-state index in [1.54, 1.807) is 0 Å². The summed E-state index contributed by atoms with van der Waals surface area (Å²) in [5.74, 6) is -0.472. The number of alkyl halides is 1. The number of nitrogens with zero attached hydrogens (tertiary/aromatic N) is 1. The van der Waals surface area contributed by atoms with Crippen molar-refractivity contribution >= 4 is 5.97 Å². The Labute approximate surface area is 112 Å². The maximum Gasteiger partial charge on any atom is 0.321 e. The molecule has 0 aromatic heterocycles. The van der Waals surface area contributed by atoms with Crippen LogP contribution in [0.15, 0.2) is 24.3 Å². The van der Waals surface area contributed by atoms with Gasteiger partial charge >= 0.3 is 5.97 Å². The maximum absolute atomic E-state index is 13.4. The Kier molecular flexibility index (Phi) is 3.27. The van der Waals surface area contributed by atoms with Crippen molar-refractivity contribution in [3.05, 3.63) is 35.4 Å². The molecular weight excluding hydrogens is 245 g/mol. The number of likely N-dealkylation sites (tertiary alicyclic amines) is 1. The number of hydrogen-bond donors (Lipinski definition) is 1. The second-order valence-electron chi connectivity index (χ2n) is 5.68. The highest BCUT2D eigenvalue weighted by atomic mass is 19.1. The molecule has 1 aliphatic carbocycles. The van der Waals surface area contributed by atoms with Gasteiger partial charge in [0.05, 0.1) is 0 Å². The van der Waals surface area contributed by atoms with E-state index in [9.17, 15) is 9.18 Å². The fourth-order valence-electron chi connectivity index (χ4n) is 3.42. The molecular formula is C15H18FNO2. The monoisotopic (exact) mass is 263 g/mol. The van der Waals surface area contributed by atoms with Crippen molar-refractivity contribution in [1.29, 1.82) is 0 Å². The molecule has 1 aromatic carbocycles. The summed E-state index contributed by atoms with van der Waals surface area (Å²) in [6.45, 7) is 0.954. The van der Waals surface area contributed by atoms with Crippen LogP contribution in [0.5, 0.6) is 0 Å². The van der Waals surface area contributed by atoms with Crippen LogP contribution in [0.4, 0.5) is 4.39 Å². The van der Waals surface area contributed by atoms with Crippen LogP contribution in [0.3, 0.4) is 0 Å². The summed E-state index contributed by atoms with van der Waals surface area (Å²) < 4.78 is 13.4. The predicted octanol–water partition coefficient (Wildman–Crippen LogP) is 1.90. The van der Waals surface area contributed by atoms with Crippen molar-refractivity contribution in [1.82, 2.24) is 4.90 Å². The highest BCUT2D eigenvalue weighted by Crippen LogP contribution is 2.29. The molecule has 1 heterocycles. The number of carbonyl (C=O) groups is 1. The number of hydrogen-bond acceptors (Lipinski definition) is 2. The molecule has 0 unspecified atom stereocenters. The van der Waals surface area contributed by atoms with E-state index in [1.807, 2.05) is 17.0 Å². The third-order valence-corrected chi connectivity index (χ3v) is 4.27. The Bertz CT molecular complexity index is 466. The lowest BCUT2D eigenvalue weighted by molar-refractivity contribution is -0.142. The van der Waals surface area contributed by atoms with Gasteiger partial charge in [-0.1, -0.05) is 24.3 Å². The summed E-state index contributed by atoms with van der Waals surface area (Å²) in [5, 5.41) is 9.14. The topological polar surface area (TPSA) is 40.5 Å². The van der Waals surface area contributed by atoms with Crippen molar-refractivity contribution in [2.75, 3.05) is 13.1 Å². The van der Waals surface area contributed by atoms with E-state index in [4.69, 9.17) is 5.11 Å². The number of carboxylic acids is 1. The summed E-state index contributed by atoms with van der Waals surface area (Å²) in [7, 11) is 0. The number of rotatable bonds is 3. The molecule has 0 bridgehead atoms. The van der Waals surface area contributed by atoms with Gasteiger partial charge in [0.15, 0.2) is 0 Å². The van der Waals surface area contributed by atoms with Crippen molar-refractivity contribution in [3.8, 4) is 0 Å². The average Bonchev–Trinajstić information content (AvgIpc) is 2.92. The Morgan fingerprint density at radius 1 is 1.32 bits per heavy atom. The van der Waals surface area contributed by atoms with Crippen LogP contribution in [0.1, 0.15) is 17.5 Å². The lowest BCUT2D eigenvalue weighted by atomic mass is 10.1. The summed E-state index contributed by atoms with van der Waals surface area (Å²) in [6.07, 6.45) is 1.10. The van der Waals surface area contributed by atoms with Crippen molar-refractivity contribution in [2.24, 2.45) is 5.92 Å². The molecule has 0 radical (unpaired) electrons. The number of fused-ring (bicyclic) bond motifs is 1. The van der Waals surface area contributed by atoms with E-state index in [0.29, 0.717) is 12.5 Å². The van der Waals surface area contributed by atoms with Gasteiger partial charge in [-0.15, -0.1) is 0 Å². The van der Waals surface area contributed by atoms with Crippen LogP contribution in [-0.4, -0.2) is 41.3 Å². The van der Waals surface area contributed by atoms with E-state index in [-0.39, 0.29) is 13.0 Å². The molecule has 1 N–H and O–H groups in total. The molecule has 1 fully saturated rings. The van der Waals surface area contributed by atoms with E-state index in [0.717, 1.165) is 12.8 Å². The number of carboxylic acid groups (broad SMARTS) is 1. The molecule has 2 aliphatic rings. The van der Waals surface area contributed by atoms with Crippen molar-refractivity contribution < 1.29 is 14.3 Å². The molecule has 3 rings (SSSR count). The van der Waals surface area contributed by atoms with Gasteiger partial charge in [0, 0.05) is 19.5 Å². The molecule has 4 heteroatoms. The van der Waals surface area contributed by atoms with Crippen LogP contribution in [0.25, 0.3) is 0 Å². The SMILES string of the molecule is O=C(O)[C@@H]1C[C@H](F)CN1CC1Cc2ccccc2C1. The Morgan fingerprint density at radius 2 is 1.95 bits per heavy atom. The first-order valence-corrected chi connectivity index (χ1v) is 6.81. The highest BCUT2D eigenvalue weighted by molar-refractivity contribution is 5.74. The molecule has 1 aromatic rings. The Morgan fingerprint density at radius 3 is 2.53 bits per heavy atom. The molecule has 0 saturated carbocycles. The summed E-state index contributed by atoms with van der Waals surface area (Å²) >= 11 is 0. The zero-order valence-electron chi connectivity index (χ0n) is 10.8. The van der Waals surface area contributed by atoms with Gasteiger partial charge in [0.2, 0.25) is 0 Å². The first-order chi connectivity index (χ1) is 9.13. The minimum Gasteiger partial charge on any atom is -0.480 e. The highest BCUT2D eigenvalue weighted by Gasteiger charge is 2.38. The quantitative estimate of drug-likeness (QED) is 0.905. The number of benzene rings is 1. The van der Waals surface area contributed by atoms with Gasteiger partial charge in [-0.3, -0.25) is 9.69 Å². The van der Waals surface area contributed by atoms with E-state index in [2.05, 4.69) is 12.1 Å². The van der Waals surface area contributed by atoms with Gasteiger partial charge in [0.25, 0.3) is 0 Å². The molecule has 1 saturated heterocycles. The lowest BCUT2D eigenvalue weighted by Crippen LogP contribution is -2.39. The fraction of sp³-hybridized carbons (Fsp3) is 0.533. The number of halogens is 1. The van der Waals surface area contributed by atoms with Crippen LogP contribution >= 0.6 is 0 Å². The average molecular weight is 263 g/mol. The third-order valence-electron chi connectivity index (χ3n) is 4.27. The second-order valence-corrected chi connectivity index (χ2v) is 5.68. The number of aliphatic carboxylic acids is 1. The first-order valence-electron chi connectivity index (χ1n) is 6.81. The summed E-state index contributed by atoms with van der Waals surface area (Å²) in [6, 6.07) is 7.69. The molecule has 19 heavy (non-hydrogen) atoms. The third kappa shape index (κ3) is 2.50. The minimum absolute atomic E-state index is 0.134. The largest absolute Gasteiger partial charge is 0.480 e. The van der Waals surface area contributed by atoms with E-state index < -0.39 is 18.2 Å². The smallest absolute Gasteiger partial charge is 0.321 e. The predicted molar refractivity (Wildman–Crippen MR) is 69.8 cm³/mol. The van der Waals surface area contributed by atoms with Gasteiger partial charge in [-0.25, -0.2) is 4.39 Å². The lowest BCUT2D eigenvalue weighted by Gasteiger charge is -2.23. The zero-order chi connectivity index (χ0) is 13.4. The van der Waals surface area contributed by atoms with E-state index >= 15 is 0 Å². The fourth-order valence-corrected chi connectivity index (χ4v) is 3.42. The first kappa shape index (κ1) is 12.6.